The van der Waals surface area contributed by atoms with Gasteiger partial charge in [0, 0.05) is 12.2 Å². The molecule has 12 nitrogen and oxygen atoms in total. The number of carbonyl (C=O) groups excluding carboxylic acids is 4. The summed E-state index contributed by atoms with van der Waals surface area (Å²) < 4.78 is 7.94. The second-order valence-electron chi connectivity index (χ2n) is 4.04. The Morgan fingerprint density at radius 2 is 1.00 bits per heavy atom. The average Bonchev–Trinajstić information content (AvgIpc) is 2.43. The van der Waals surface area contributed by atoms with Crippen LogP contribution in [0.3, 0.4) is 0 Å². The summed E-state index contributed by atoms with van der Waals surface area (Å²) in [7, 11) is 0. The molecule has 2 unspecified atom stereocenters. The zero-order chi connectivity index (χ0) is 18.9. The highest BCUT2D eigenvalue weighted by atomic mass is 16.6. The van der Waals surface area contributed by atoms with Crippen LogP contribution in [0.4, 0.5) is 0 Å². The minimum absolute atomic E-state index is 0.324. The Morgan fingerprint density at radius 1 is 0.708 bits per heavy atom. The summed E-state index contributed by atoms with van der Waals surface area (Å²) in [6.07, 6.45) is -5.56. The van der Waals surface area contributed by atoms with Crippen LogP contribution >= 0.6 is 0 Å². The molecule has 0 aromatic heterocycles. The van der Waals surface area contributed by atoms with Gasteiger partial charge in [0.1, 0.15) is 0 Å². The lowest BCUT2D eigenvalue weighted by molar-refractivity contribution is -0.167. The molecule has 2 atom stereocenters. The molecule has 0 aromatic rings. The molecule has 0 bridgehead atoms. The fourth-order valence-corrected chi connectivity index (χ4v) is 1.04. The van der Waals surface area contributed by atoms with E-state index >= 15 is 0 Å². The summed E-state index contributed by atoms with van der Waals surface area (Å²) in [6.45, 7) is 0. The van der Waals surface area contributed by atoms with Gasteiger partial charge in [-0.1, -0.05) is 0 Å². The van der Waals surface area contributed by atoms with Crippen LogP contribution in [-0.2, 0) is 38.2 Å². The Morgan fingerprint density at radius 3 is 1.25 bits per heavy atom. The summed E-state index contributed by atoms with van der Waals surface area (Å²) in [4.78, 5) is 64.8. The normalized spacial score (nSPS) is 12.9. The molecule has 132 valence electrons. The Labute approximate surface area is 132 Å². The summed E-state index contributed by atoms with van der Waals surface area (Å²) >= 11 is 0. The van der Waals surface area contributed by atoms with Crippen LogP contribution in [0.2, 0.25) is 0 Å². The Hall–Kier alpha value is -3.12. The summed E-state index contributed by atoms with van der Waals surface area (Å²) in [5, 5.41) is 34.7. The van der Waals surface area contributed by atoms with Crippen molar-refractivity contribution in [2.75, 3.05) is 0 Å². The highest BCUT2D eigenvalue weighted by molar-refractivity contribution is 6.00. The largest absolute Gasteiger partial charge is 0.481 e. The number of esters is 4. The lowest BCUT2D eigenvalue weighted by Crippen LogP contribution is -2.28. The van der Waals surface area contributed by atoms with Crippen LogP contribution in [0.5, 0.6) is 0 Å². The second kappa shape index (κ2) is 9.81. The number of carbonyl (C=O) groups is 6. The second-order valence-corrected chi connectivity index (χ2v) is 4.04. The van der Waals surface area contributed by atoms with Gasteiger partial charge in [-0.05, 0) is 0 Å². The highest BCUT2D eigenvalue weighted by Crippen LogP contribution is 1.98. The predicted molar refractivity (Wildman–Crippen MR) is 67.9 cm³/mol. The number of carboxylic acids is 2. The quantitative estimate of drug-likeness (QED) is 0.202. The Balaban J connectivity index is 4.42. The third-order valence-electron chi connectivity index (χ3n) is 2.04. The van der Waals surface area contributed by atoms with Gasteiger partial charge in [-0.15, -0.1) is 0 Å². The van der Waals surface area contributed by atoms with E-state index in [-0.39, 0.29) is 0 Å². The number of ether oxygens (including phenoxy) is 2. The number of rotatable bonds is 8. The van der Waals surface area contributed by atoms with Gasteiger partial charge in [0.15, 0.2) is 12.2 Å². The van der Waals surface area contributed by atoms with Crippen molar-refractivity contribution < 1.29 is 58.7 Å². The van der Waals surface area contributed by atoms with Crippen LogP contribution in [0.1, 0.15) is 12.8 Å². The van der Waals surface area contributed by atoms with Gasteiger partial charge in [0.2, 0.25) is 0 Å². The van der Waals surface area contributed by atoms with Crippen molar-refractivity contribution in [2.24, 2.45) is 0 Å². The molecule has 0 saturated carbocycles. The number of hydrogen-bond donors (Lipinski definition) is 4. The maximum atomic E-state index is 11.1. The van der Waals surface area contributed by atoms with E-state index in [2.05, 4.69) is 9.47 Å². The maximum absolute atomic E-state index is 11.1. The standard InChI is InChI=1S/C12H12O12/c13-5(3-7(15)16)11(21)23-9(19)1-2-10(20)24-12(22)6(14)4-8(17)18/h1-2,5-6,13-14H,3-4H2,(H,15,16)(H,17,18)/b2-1-. The van der Waals surface area contributed by atoms with E-state index in [1.54, 1.807) is 0 Å². The molecule has 24 heavy (non-hydrogen) atoms. The van der Waals surface area contributed by atoms with Crippen LogP contribution in [0, 0.1) is 0 Å². The maximum Gasteiger partial charge on any atom is 0.343 e. The number of aliphatic carboxylic acids is 2. The van der Waals surface area contributed by atoms with Crippen LogP contribution in [0.25, 0.3) is 0 Å². The molecule has 0 spiro atoms. The molecule has 0 aromatic carbocycles. The van der Waals surface area contributed by atoms with Gasteiger partial charge in [-0.25, -0.2) is 19.2 Å². The van der Waals surface area contributed by atoms with E-state index in [0.717, 1.165) is 0 Å². The SMILES string of the molecule is O=C(O)CC(O)C(=O)OC(=O)/C=C\C(=O)OC(=O)C(O)CC(=O)O. The van der Waals surface area contributed by atoms with Gasteiger partial charge < -0.3 is 29.9 Å². The van der Waals surface area contributed by atoms with Gasteiger partial charge >= 0.3 is 35.8 Å². The van der Waals surface area contributed by atoms with Gasteiger partial charge in [0.25, 0.3) is 0 Å². The molecule has 4 N–H and O–H groups in total. The number of aliphatic hydroxyl groups is 2. The molecule has 0 aliphatic carbocycles. The number of carboxylic acid groups (broad SMARTS) is 2. The third-order valence-corrected chi connectivity index (χ3v) is 2.04. The van der Waals surface area contributed by atoms with Gasteiger partial charge in [0.05, 0.1) is 12.8 Å². The van der Waals surface area contributed by atoms with Gasteiger partial charge in [-0.3, -0.25) is 9.59 Å². The first kappa shape index (κ1) is 20.9. The first-order valence-electron chi connectivity index (χ1n) is 6.02. The van der Waals surface area contributed by atoms with Crippen LogP contribution in [0.15, 0.2) is 12.2 Å². The molecule has 0 saturated heterocycles. The zero-order valence-electron chi connectivity index (χ0n) is 11.8. The lowest BCUT2D eigenvalue weighted by atomic mass is 10.2. The fourth-order valence-electron chi connectivity index (χ4n) is 1.04. The van der Waals surface area contributed by atoms with Crippen molar-refractivity contribution in [3.05, 3.63) is 12.2 Å². The highest BCUT2D eigenvalue weighted by Gasteiger charge is 2.23. The van der Waals surface area contributed by atoms with Crippen LogP contribution < -0.4 is 0 Å². The molecular weight excluding hydrogens is 336 g/mol. The van der Waals surface area contributed by atoms with Crippen molar-refractivity contribution in [3.8, 4) is 0 Å². The van der Waals surface area contributed by atoms with Crippen molar-refractivity contribution in [2.45, 2.75) is 25.0 Å². The monoisotopic (exact) mass is 348 g/mol. The molecule has 0 heterocycles. The molecule has 0 radical (unpaired) electrons. The third kappa shape index (κ3) is 9.01. The van der Waals surface area contributed by atoms with Gasteiger partial charge in [-0.2, -0.15) is 0 Å². The lowest BCUT2D eigenvalue weighted by Gasteiger charge is -2.06. The van der Waals surface area contributed by atoms with Crippen molar-refractivity contribution >= 4 is 35.8 Å². The molecule has 0 aliphatic heterocycles. The van der Waals surface area contributed by atoms with E-state index in [1.165, 1.54) is 0 Å². The molecule has 0 fully saturated rings. The minimum Gasteiger partial charge on any atom is -0.481 e. The minimum atomic E-state index is -2.10. The van der Waals surface area contributed by atoms with Crippen molar-refractivity contribution in [1.82, 2.24) is 0 Å². The summed E-state index contributed by atoms with van der Waals surface area (Å²) in [5.74, 6) is -9.14. The first-order chi connectivity index (χ1) is 11.0. The summed E-state index contributed by atoms with van der Waals surface area (Å²) in [5.41, 5.74) is 0. The van der Waals surface area contributed by atoms with E-state index < -0.39 is 60.9 Å². The molecule has 0 aliphatic rings. The van der Waals surface area contributed by atoms with Crippen LogP contribution in [-0.4, -0.2) is 68.4 Å². The molecule has 0 amide bonds. The first-order valence-corrected chi connectivity index (χ1v) is 6.02. The predicted octanol–water partition coefficient (Wildman–Crippen LogP) is -2.65. The fraction of sp³-hybridized carbons (Fsp3) is 0.333. The number of hydrogen-bond acceptors (Lipinski definition) is 10. The van der Waals surface area contributed by atoms with Crippen molar-refractivity contribution in [3.63, 3.8) is 0 Å². The van der Waals surface area contributed by atoms with E-state index in [0.29, 0.717) is 12.2 Å². The van der Waals surface area contributed by atoms with Crippen molar-refractivity contribution in [1.29, 1.82) is 0 Å². The molecule has 0 rings (SSSR count). The van der Waals surface area contributed by atoms with E-state index in [1.807, 2.05) is 0 Å². The smallest absolute Gasteiger partial charge is 0.343 e. The summed E-state index contributed by atoms with van der Waals surface area (Å²) in [6, 6.07) is 0. The van der Waals surface area contributed by atoms with E-state index in [9.17, 15) is 28.8 Å². The molecular formula is C12H12O12. The Bertz CT molecular complexity index is 525. The Kier molecular flexibility index (Phi) is 8.53. The zero-order valence-corrected chi connectivity index (χ0v) is 11.8. The van der Waals surface area contributed by atoms with E-state index in [4.69, 9.17) is 20.4 Å². The topological polar surface area (TPSA) is 202 Å². The average molecular weight is 348 g/mol. The molecule has 12 heteroatoms. The number of aliphatic hydroxyl groups excluding tert-OH is 2.